The molecular formula is C23H21N7O5. The molecule has 12 heteroatoms. The number of cyclic esters (lactones) is 1. The van der Waals surface area contributed by atoms with Crippen LogP contribution in [0.15, 0.2) is 49.1 Å². The molecule has 178 valence electrons. The van der Waals surface area contributed by atoms with Gasteiger partial charge in [0.05, 0.1) is 20.6 Å². The second kappa shape index (κ2) is 9.25. The average Bonchev–Trinajstić information content (AvgIpc) is 3.61. The van der Waals surface area contributed by atoms with Gasteiger partial charge in [0, 0.05) is 16.8 Å². The van der Waals surface area contributed by atoms with Crippen LogP contribution in [0.4, 0.5) is 5.69 Å². The SMILES string of the molecule is COc1ccc2c(c1OC)C(=O)OC2CC(=O)Nc1ccc(-c2n[nH]c(Cn3cncn3)n2)cc1. The van der Waals surface area contributed by atoms with E-state index < -0.39 is 12.1 Å². The third kappa shape index (κ3) is 4.40. The Kier molecular flexibility index (Phi) is 5.83. The molecule has 1 amide bonds. The number of esters is 1. The van der Waals surface area contributed by atoms with Gasteiger partial charge in [0.15, 0.2) is 17.3 Å². The van der Waals surface area contributed by atoms with Gasteiger partial charge in [0.2, 0.25) is 5.91 Å². The lowest BCUT2D eigenvalue weighted by molar-refractivity contribution is -0.118. The van der Waals surface area contributed by atoms with E-state index >= 15 is 0 Å². The Morgan fingerprint density at radius 3 is 2.71 bits per heavy atom. The van der Waals surface area contributed by atoms with Gasteiger partial charge in [-0.25, -0.2) is 19.4 Å². The lowest BCUT2D eigenvalue weighted by Gasteiger charge is -2.12. The van der Waals surface area contributed by atoms with Crippen LogP contribution in [0, 0.1) is 0 Å². The summed E-state index contributed by atoms with van der Waals surface area (Å²) in [6.07, 6.45) is 2.29. The number of carbonyl (C=O) groups is 2. The first-order valence-corrected chi connectivity index (χ1v) is 10.7. The first-order valence-electron chi connectivity index (χ1n) is 10.7. The van der Waals surface area contributed by atoms with E-state index in [1.54, 1.807) is 47.4 Å². The summed E-state index contributed by atoms with van der Waals surface area (Å²) in [5.41, 5.74) is 2.24. The summed E-state index contributed by atoms with van der Waals surface area (Å²) in [5, 5.41) is 14.0. The number of hydrogen-bond donors (Lipinski definition) is 2. The predicted molar refractivity (Wildman–Crippen MR) is 122 cm³/mol. The summed E-state index contributed by atoms with van der Waals surface area (Å²) in [6, 6.07) is 10.5. The molecule has 3 heterocycles. The molecule has 0 fully saturated rings. The molecule has 35 heavy (non-hydrogen) atoms. The molecule has 0 saturated carbocycles. The highest BCUT2D eigenvalue weighted by molar-refractivity contribution is 5.99. The highest BCUT2D eigenvalue weighted by Crippen LogP contribution is 2.43. The topological polar surface area (TPSA) is 146 Å². The van der Waals surface area contributed by atoms with Gasteiger partial charge in [-0.2, -0.15) is 10.2 Å². The van der Waals surface area contributed by atoms with Crippen molar-refractivity contribution in [2.75, 3.05) is 19.5 Å². The Bertz CT molecular complexity index is 1370. The number of nitrogens with one attached hydrogen (secondary N) is 2. The molecule has 5 rings (SSSR count). The van der Waals surface area contributed by atoms with Crippen molar-refractivity contribution >= 4 is 17.6 Å². The maximum atomic E-state index is 12.7. The number of benzene rings is 2. The first kappa shape index (κ1) is 22.1. The Morgan fingerprint density at radius 2 is 2.00 bits per heavy atom. The molecule has 2 N–H and O–H groups in total. The summed E-state index contributed by atoms with van der Waals surface area (Å²) in [4.78, 5) is 33.4. The van der Waals surface area contributed by atoms with E-state index in [0.717, 1.165) is 5.56 Å². The number of anilines is 1. The second-order valence-electron chi connectivity index (χ2n) is 7.69. The zero-order chi connectivity index (χ0) is 24.4. The van der Waals surface area contributed by atoms with Gasteiger partial charge in [-0.05, 0) is 30.3 Å². The predicted octanol–water partition coefficient (Wildman–Crippen LogP) is 2.37. The Morgan fingerprint density at radius 1 is 1.17 bits per heavy atom. The number of hydrogen-bond acceptors (Lipinski definition) is 9. The summed E-state index contributed by atoms with van der Waals surface area (Å²) in [6.45, 7) is 0.425. The van der Waals surface area contributed by atoms with Gasteiger partial charge in [0.1, 0.15) is 36.7 Å². The van der Waals surface area contributed by atoms with E-state index in [1.165, 1.54) is 20.5 Å². The molecule has 4 aromatic rings. The molecule has 0 aliphatic carbocycles. The van der Waals surface area contributed by atoms with Crippen molar-refractivity contribution in [2.24, 2.45) is 0 Å². The fourth-order valence-electron chi connectivity index (χ4n) is 3.87. The van der Waals surface area contributed by atoms with E-state index in [-0.39, 0.29) is 17.9 Å². The molecule has 2 aromatic carbocycles. The number of carbonyl (C=O) groups excluding carboxylic acids is 2. The fourth-order valence-corrected chi connectivity index (χ4v) is 3.87. The van der Waals surface area contributed by atoms with Crippen molar-refractivity contribution in [2.45, 2.75) is 19.1 Å². The summed E-state index contributed by atoms with van der Waals surface area (Å²) in [7, 11) is 2.94. The summed E-state index contributed by atoms with van der Waals surface area (Å²) >= 11 is 0. The van der Waals surface area contributed by atoms with E-state index in [1.807, 2.05) is 0 Å². The number of nitrogens with zero attached hydrogens (tertiary/aromatic N) is 5. The van der Waals surface area contributed by atoms with Gasteiger partial charge in [0.25, 0.3) is 0 Å². The van der Waals surface area contributed by atoms with Crippen molar-refractivity contribution in [3.8, 4) is 22.9 Å². The minimum absolute atomic E-state index is 0.0391. The molecule has 0 spiro atoms. The Labute approximate surface area is 199 Å². The smallest absolute Gasteiger partial charge is 0.343 e. The molecule has 12 nitrogen and oxygen atoms in total. The standard InChI is InChI=1S/C23H21N7O5/c1-33-16-8-7-15-17(35-23(32)20(15)21(16)34-2)9-19(31)26-14-5-3-13(4-6-14)22-27-18(28-29-22)10-30-12-24-11-25-30/h3-8,11-12,17H,9-10H2,1-2H3,(H,26,31)(H,27,28,29). The molecule has 1 atom stereocenters. The highest BCUT2D eigenvalue weighted by Gasteiger charge is 2.36. The minimum atomic E-state index is -0.715. The third-order valence-corrected chi connectivity index (χ3v) is 5.49. The van der Waals surface area contributed by atoms with Gasteiger partial charge in [-0.15, -0.1) is 0 Å². The quantitative estimate of drug-likeness (QED) is 0.367. The number of H-pyrrole nitrogens is 1. The number of amides is 1. The van der Waals surface area contributed by atoms with Crippen molar-refractivity contribution in [3.63, 3.8) is 0 Å². The van der Waals surface area contributed by atoms with E-state index in [4.69, 9.17) is 14.2 Å². The first-order chi connectivity index (χ1) is 17.1. The van der Waals surface area contributed by atoms with Gasteiger partial charge >= 0.3 is 5.97 Å². The van der Waals surface area contributed by atoms with Gasteiger partial charge in [-0.1, -0.05) is 6.07 Å². The van der Waals surface area contributed by atoms with Crippen LogP contribution in [0.3, 0.4) is 0 Å². The molecule has 0 saturated heterocycles. The van der Waals surface area contributed by atoms with Crippen LogP contribution in [0.2, 0.25) is 0 Å². The van der Waals surface area contributed by atoms with Crippen molar-refractivity contribution < 1.29 is 23.8 Å². The van der Waals surface area contributed by atoms with Gasteiger partial charge in [-0.3, -0.25) is 9.89 Å². The second-order valence-corrected chi connectivity index (χ2v) is 7.69. The van der Waals surface area contributed by atoms with Gasteiger partial charge < -0.3 is 19.5 Å². The number of aromatic nitrogens is 6. The lowest BCUT2D eigenvalue weighted by Crippen LogP contribution is -2.15. The van der Waals surface area contributed by atoms with E-state index in [2.05, 4.69) is 30.6 Å². The third-order valence-electron chi connectivity index (χ3n) is 5.49. The van der Waals surface area contributed by atoms with E-state index in [0.29, 0.717) is 40.9 Å². The van der Waals surface area contributed by atoms with Crippen LogP contribution in [0.5, 0.6) is 11.5 Å². The largest absolute Gasteiger partial charge is 0.493 e. The molecule has 1 aliphatic heterocycles. The molecule has 2 aromatic heterocycles. The number of methoxy groups -OCH3 is 2. The lowest BCUT2D eigenvalue weighted by atomic mass is 10.0. The minimum Gasteiger partial charge on any atom is -0.493 e. The molecule has 0 bridgehead atoms. The van der Waals surface area contributed by atoms with E-state index in [9.17, 15) is 9.59 Å². The zero-order valence-electron chi connectivity index (χ0n) is 18.9. The number of fused-ring (bicyclic) bond motifs is 1. The average molecular weight is 475 g/mol. The summed E-state index contributed by atoms with van der Waals surface area (Å²) in [5.74, 6) is 1.04. The number of ether oxygens (including phenoxy) is 3. The van der Waals surface area contributed by atoms with Crippen molar-refractivity contribution in [3.05, 3.63) is 66.0 Å². The van der Waals surface area contributed by atoms with Crippen LogP contribution in [-0.4, -0.2) is 56.0 Å². The fraction of sp³-hybridized carbons (Fsp3) is 0.217. The van der Waals surface area contributed by atoms with Crippen molar-refractivity contribution in [1.82, 2.24) is 29.9 Å². The van der Waals surface area contributed by atoms with Crippen LogP contribution in [0.1, 0.15) is 34.3 Å². The summed E-state index contributed by atoms with van der Waals surface area (Å²) < 4.78 is 17.6. The van der Waals surface area contributed by atoms with Crippen LogP contribution < -0.4 is 14.8 Å². The zero-order valence-corrected chi connectivity index (χ0v) is 18.9. The van der Waals surface area contributed by atoms with Crippen molar-refractivity contribution in [1.29, 1.82) is 0 Å². The maximum absolute atomic E-state index is 12.7. The molecule has 1 aliphatic rings. The normalized spacial score (nSPS) is 14.3. The maximum Gasteiger partial charge on any atom is 0.343 e. The monoisotopic (exact) mass is 475 g/mol. The highest BCUT2D eigenvalue weighted by atomic mass is 16.6. The van der Waals surface area contributed by atoms with Crippen LogP contribution in [-0.2, 0) is 16.1 Å². The number of rotatable bonds is 8. The van der Waals surface area contributed by atoms with Crippen LogP contribution >= 0.6 is 0 Å². The molecular weight excluding hydrogens is 454 g/mol. The Balaban J connectivity index is 1.23. The van der Waals surface area contributed by atoms with Crippen LogP contribution in [0.25, 0.3) is 11.4 Å². The molecule has 0 radical (unpaired) electrons. The number of aromatic amines is 1. The Hall–Kier alpha value is -4.74. The molecule has 1 unspecified atom stereocenters.